The van der Waals surface area contributed by atoms with Crippen LogP contribution in [0, 0.1) is 0 Å². The van der Waals surface area contributed by atoms with E-state index in [2.05, 4.69) is 24.2 Å². The fourth-order valence-electron chi connectivity index (χ4n) is 3.28. The van der Waals surface area contributed by atoms with E-state index in [1.54, 1.807) is 7.11 Å². The largest absolute Gasteiger partial charge is 0.375 e. The summed E-state index contributed by atoms with van der Waals surface area (Å²) in [6.07, 6.45) is 4.61. The molecule has 0 aromatic heterocycles. The molecular formula is C15H29N3O2. The van der Waals surface area contributed by atoms with Crippen LogP contribution in [0.1, 0.15) is 32.6 Å². The third-order valence-corrected chi connectivity index (χ3v) is 4.80. The Balaban J connectivity index is 1.70. The molecule has 1 amide bonds. The third kappa shape index (κ3) is 4.17. The molecule has 1 N–H and O–H groups in total. The van der Waals surface area contributed by atoms with Crippen LogP contribution in [0.2, 0.25) is 0 Å². The fourth-order valence-corrected chi connectivity index (χ4v) is 3.28. The SMILES string of the molecule is COCC(=O)N1CCC(NC2CCN(C)C(C)C2)CC1. The lowest BCUT2D eigenvalue weighted by molar-refractivity contribution is -0.136. The molecule has 0 bridgehead atoms. The first-order chi connectivity index (χ1) is 9.60. The van der Waals surface area contributed by atoms with E-state index >= 15 is 0 Å². The summed E-state index contributed by atoms with van der Waals surface area (Å²) in [4.78, 5) is 16.1. The van der Waals surface area contributed by atoms with Crippen LogP contribution in [0.15, 0.2) is 0 Å². The van der Waals surface area contributed by atoms with Gasteiger partial charge in [0.15, 0.2) is 0 Å². The standard InChI is InChI=1S/C15H29N3O2/c1-12-10-14(4-7-17(12)2)16-13-5-8-18(9-6-13)15(19)11-20-3/h12-14,16H,4-11H2,1-3H3. The van der Waals surface area contributed by atoms with Crippen LogP contribution in [0.5, 0.6) is 0 Å². The van der Waals surface area contributed by atoms with E-state index in [1.807, 2.05) is 4.90 Å². The highest BCUT2D eigenvalue weighted by molar-refractivity contribution is 5.77. The van der Waals surface area contributed by atoms with E-state index in [0.29, 0.717) is 18.1 Å². The molecule has 2 aliphatic heterocycles. The average Bonchev–Trinajstić information content (AvgIpc) is 2.44. The molecule has 2 fully saturated rings. The van der Waals surface area contributed by atoms with Crippen LogP contribution in [-0.2, 0) is 9.53 Å². The second kappa shape index (κ2) is 7.38. The molecule has 2 aliphatic rings. The van der Waals surface area contributed by atoms with Crippen molar-refractivity contribution in [2.24, 2.45) is 0 Å². The van der Waals surface area contributed by atoms with Crippen molar-refractivity contribution in [2.75, 3.05) is 40.4 Å². The zero-order chi connectivity index (χ0) is 14.5. The number of methoxy groups -OCH3 is 1. The van der Waals surface area contributed by atoms with Crippen LogP contribution in [0.25, 0.3) is 0 Å². The first-order valence-electron chi connectivity index (χ1n) is 7.83. The number of rotatable bonds is 4. The first kappa shape index (κ1) is 15.7. The minimum atomic E-state index is 0.124. The number of amides is 1. The summed E-state index contributed by atoms with van der Waals surface area (Å²) in [6.45, 7) is 5.43. The Morgan fingerprint density at radius 1 is 1.20 bits per heavy atom. The minimum absolute atomic E-state index is 0.124. The number of carbonyl (C=O) groups is 1. The minimum Gasteiger partial charge on any atom is -0.375 e. The van der Waals surface area contributed by atoms with Crippen molar-refractivity contribution in [3.05, 3.63) is 0 Å². The maximum Gasteiger partial charge on any atom is 0.248 e. The van der Waals surface area contributed by atoms with Crippen molar-refractivity contribution in [3.63, 3.8) is 0 Å². The van der Waals surface area contributed by atoms with Gasteiger partial charge in [0.2, 0.25) is 5.91 Å². The molecule has 2 heterocycles. The second-order valence-corrected chi connectivity index (χ2v) is 6.31. The quantitative estimate of drug-likeness (QED) is 0.825. The van der Waals surface area contributed by atoms with Gasteiger partial charge in [-0.1, -0.05) is 0 Å². The Hall–Kier alpha value is -0.650. The molecule has 5 nitrogen and oxygen atoms in total. The van der Waals surface area contributed by atoms with Gasteiger partial charge in [-0.15, -0.1) is 0 Å². The van der Waals surface area contributed by atoms with Gasteiger partial charge in [0.1, 0.15) is 6.61 Å². The molecule has 0 aliphatic carbocycles. The molecule has 2 saturated heterocycles. The Morgan fingerprint density at radius 3 is 2.45 bits per heavy atom. The summed E-state index contributed by atoms with van der Waals surface area (Å²) in [7, 11) is 3.79. The molecule has 20 heavy (non-hydrogen) atoms. The normalized spacial score (nSPS) is 29.6. The summed E-state index contributed by atoms with van der Waals surface area (Å²) >= 11 is 0. The predicted molar refractivity (Wildman–Crippen MR) is 79.7 cm³/mol. The zero-order valence-corrected chi connectivity index (χ0v) is 13.1. The molecule has 0 radical (unpaired) electrons. The van der Waals surface area contributed by atoms with E-state index in [0.717, 1.165) is 25.9 Å². The topological polar surface area (TPSA) is 44.8 Å². The maximum atomic E-state index is 11.7. The van der Waals surface area contributed by atoms with Crippen molar-refractivity contribution < 1.29 is 9.53 Å². The number of hydrogen-bond donors (Lipinski definition) is 1. The molecule has 116 valence electrons. The number of nitrogens with zero attached hydrogens (tertiary/aromatic N) is 2. The highest BCUT2D eigenvalue weighted by atomic mass is 16.5. The molecule has 2 unspecified atom stereocenters. The van der Waals surface area contributed by atoms with Crippen LogP contribution < -0.4 is 5.32 Å². The van der Waals surface area contributed by atoms with Crippen molar-refractivity contribution in [1.82, 2.24) is 15.1 Å². The van der Waals surface area contributed by atoms with Crippen molar-refractivity contribution >= 4 is 5.91 Å². The lowest BCUT2D eigenvalue weighted by Crippen LogP contribution is -2.52. The highest BCUT2D eigenvalue weighted by Gasteiger charge is 2.27. The van der Waals surface area contributed by atoms with Gasteiger partial charge >= 0.3 is 0 Å². The van der Waals surface area contributed by atoms with Gasteiger partial charge in [-0.25, -0.2) is 0 Å². The van der Waals surface area contributed by atoms with Gasteiger partial charge < -0.3 is 19.9 Å². The Kier molecular flexibility index (Phi) is 5.81. The molecule has 0 saturated carbocycles. The zero-order valence-electron chi connectivity index (χ0n) is 13.1. The Morgan fingerprint density at radius 2 is 1.85 bits per heavy atom. The lowest BCUT2D eigenvalue weighted by atomic mass is 9.96. The third-order valence-electron chi connectivity index (χ3n) is 4.80. The summed E-state index contributed by atoms with van der Waals surface area (Å²) in [6, 6.07) is 1.89. The van der Waals surface area contributed by atoms with Crippen LogP contribution >= 0.6 is 0 Å². The predicted octanol–water partition coefficient (Wildman–Crippen LogP) is 0.696. The number of ether oxygens (including phenoxy) is 1. The van der Waals surface area contributed by atoms with Gasteiger partial charge in [0, 0.05) is 38.3 Å². The van der Waals surface area contributed by atoms with Gasteiger partial charge in [-0.2, -0.15) is 0 Å². The molecule has 0 aromatic carbocycles. The smallest absolute Gasteiger partial charge is 0.248 e. The van der Waals surface area contributed by atoms with Gasteiger partial charge in [0.05, 0.1) is 0 Å². The van der Waals surface area contributed by atoms with E-state index < -0.39 is 0 Å². The van der Waals surface area contributed by atoms with Crippen molar-refractivity contribution in [3.8, 4) is 0 Å². The van der Waals surface area contributed by atoms with E-state index in [4.69, 9.17) is 4.74 Å². The Bertz CT molecular complexity index is 316. The van der Waals surface area contributed by atoms with Gasteiger partial charge in [-0.05, 0) is 46.2 Å². The number of hydrogen-bond acceptors (Lipinski definition) is 4. The maximum absolute atomic E-state index is 11.7. The van der Waals surface area contributed by atoms with Crippen LogP contribution in [0.4, 0.5) is 0 Å². The van der Waals surface area contributed by atoms with Gasteiger partial charge in [-0.3, -0.25) is 4.79 Å². The summed E-state index contributed by atoms with van der Waals surface area (Å²) in [5.41, 5.74) is 0. The number of piperidine rings is 2. The van der Waals surface area contributed by atoms with Crippen LogP contribution in [-0.4, -0.2) is 74.2 Å². The first-order valence-corrected chi connectivity index (χ1v) is 7.83. The van der Waals surface area contributed by atoms with Crippen molar-refractivity contribution in [1.29, 1.82) is 0 Å². The summed E-state index contributed by atoms with van der Waals surface area (Å²) in [5, 5.41) is 3.80. The van der Waals surface area contributed by atoms with Crippen molar-refractivity contribution in [2.45, 2.75) is 50.7 Å². The second-order valence-electron chi connectivity index (χ2n) is 6.31. The average molecular weight is 283 g/mol. The highest BCUT2D eigenvalue weighted by Crippen LogP contribution is 2.18. The Labute approximate surface area is 122 Å². The van der Waals surface area contributed by atoms with E-state index in [-0.39, 0.29) is 12.5 Å². The molecule has 5 heteroatoms. The molecular weight excluding hydrogens is 254 g/mol. The number of nitrogens with one attached hydrogen (secondary N) is 1. The molecule has 0 aromatic rings. The van der Waals surface area contributed by atoms with E-state index in [1.165, 1.54) is 19.4 Å². The summed E-state index contributed by atoms with van der Waals surface area (Å²) < 4.78 is 4.92. The number of likely N-dealkylation sites (tertiary alicyclic amines) is 2. The van der Waals surface area contributed by atoms with Crippen LogP contribution in [0.3, 0.4) is 0 Å². The summed E-state index contributed by atoms with van der Waals surface area (Å²) in [5.74, 6) is 0.124. The number of carbonyl (C=O) groups excluding carboxylic acids is 1. The molecule has 0 spiro atoms. The van der Waals surface area contributed by atoms with Gasteiger partial charge in [0.25, 0.3) is 0 Å². The molecule has 2 atom stereocenters. The fraction of sp³-hybridized carbons (Fsp3) is 0.933. The van der Waals surface area contributed by atoms with E-state index in [9.17, 15) is 4.79 Å². The molecule has 2 rings (SSSR count). The monoisotopic (exact) mass is 283 g/mol. The lowest BCUT2D eigenvalue weighted by Gasteiger charge is -2.39.